The molecular formula is C10H18N4O2S. The molecular weight excluding hydrogens is 240 g/mol. The summed E-state index contributed by atoms with van der Waals surface area (Å²) >= 11 is 0. The van der Waals surface area contributed by atoms with Gasteiger partial charge in [-0.25, -0.2) is 13.1 Å². The van der Waals surface area contributed by atoms with Crippen molar-refractivity contribution in [1.82, 2.24) is 14.5 Å². The zero-order chi connectivity index (χ0) is 12.6. The molecule has 6 nitrogen and oxygen atoms in total. The fourth-order valence-corrected chi connectivity index (χ4v) is 3.36. The summed E-state index contributed by atoms with van der Waals surface area (Å²) in [5.74, 6) is 0.395. The van der Waals surface area contributed by atoms with Crippen molar-refractivity contribution in [3.63, 3.8) is 0 Å². The van der Waals surface area contributed by atoms with Gasteiger partial charge < -0.3 is 5.73 Å². The third-order valence-corrected chi connectivity index (χ3v) is 4.82. The van der Waals surface area contributed by atoms with E-state index in [2.05, 4.69) is 9.82 Å². The predicted molar refractivity (Wildman–Crippen MR) is 63.8 cm³/mol. The number of hydrogen-bond donors (Lipinski definition) is 2. The van der Waals surface area contributed by atoms with Crippen molar-refractivity contribution >= 4 is 10.0 Å². The fourth-order valence-electron chi connectivity index (χ4n) is 1.84. The lowest BCUT2D eigenvalue weighted by molar-refractivity contribution is 0.518. The largest absolute Gasteiger partial charge is 0.329 e. The number of hydrogen-bond acceptors (Lipinski definition) is 4. The van der Waals surface area contributed by atoms with Crippen molar-refractivity contribution in [2.45, 2.75) is 30.7 Å². The molecule has 17 heavy (non-hydrogen) atoms. The van der Waals surface area contributed by atoms with E-state index >= 15 is 0 Å². The summed E-state index contributed by atoms with van der Waals surface area (Å²) in [5.41, 5.74) is 6.22. The van der Waals surface area contributed by atoms with Gasteiger partial charge in [0.25, 0.3) is 0 Å². The molecule has 96 valence electrons. The summed E-state index contributed by atoms with van der Waals surface area (Å²) in [6, 6.07) is -0.153. The summed E-state index contributed by atoms with van der Waals surface area (Å²) in [7, 11) is -1.78. The highest BCUT2D eigenvalue weighted by atomic mass is 32.2. The van der Waals surface area contributed by atoms with E-state index in [0.717, 1.165) is 12.8 Å². The van der Waals surface area contributed by atoms with Crippen molar-refractivity contribution in [2.24, 2.45) is 18.7 Å². The Labute approximate surface area is 101 Å². The van der Waals surface area contributed by atoms with Crippen LogP contribution in [-0.2, 0) is 17.1 Å². The lowest BCUT2D eigenvalue weighted by atomic mass is 10.2. The Morgan fingerprint density at radius 3 is 2.71 bits per heavy atom. The van der Waals surface area contributed by atoms with Crippen molar-refractivity contribution in [2.75, 3.05) is 6.54 Å². The van der Waals surface area contributed by atoms with Crippen LogP contribution >= 0.6 is 0 Å². The van der Waals surface area contributed by atoms with Gasteiger partial charge in [-0.15, -0.1) is 0 Å². The van der Waals surface area contributed by atoms with Crippen LogP contribution in [0.25, 0.3) is 0 Å². The molecule has 1 unspecified atom stereocenters. The van der Waals surface area contributed by atoms with Crippen molar-refractivity contribution in [3.05, 3.63) is 11.9 Å². The predicted octanol–water partition coefficient (Wildman–Crippen LogP) is -0.256. The Morgan fingerprint density at radius 1 is 1.65 bits per heavy atom. The van der Waals surface area contributed by atoms with Crippen LogP contribution in [0.4, 0.5) is 0 Å². The summed E-state index contributed by atoms with van der Waals surface area (Å²) < 4.78 is 28.5. The maximum absolute atomic E-state index is 12.1. The Morgan fingerprint density at radius 2 is 2.29 bits per heavy atom. The minimum Gasteiger partial charge on any atom is -0.329 e. The van der Waals surface area contributed by atoms with Gasteiger partial charge in [0.15, 0.2) is 0 Å². The van der Waals surface area contributed by atoms with E-state index in [9.17, 15) is 8.42 Å². The van der Waals surface area contributed by atoms with Gasteiger partial charge in [0, 0.05) is 19.6 Å². The molecule has 0 aliphatic heterocycles. The zero-order valence-electron chi connectivity index (χ0n) is 10.0. The van der Waals surface area contributed by atoms with E-state index < -0.39 is 10.0 Å². The van der Waals surface area contributed by atoms with E-state index in [1.807, 2.05) is 0 Å². The van der Waals surface area contributed by atoms with Crippen LogP contribution in [0.15, 0.2) is 11.1 Å². The molecule has 1 aliphatic carbocycles. The third kappa shape index (κ3) is 2.51. The Kier molecular flexibility index (Phi) is 3.24. The molecule has 7 heteroatoms. The Bertz CT molecular complexity index is 504. The van der Waals surface area contributed by atoms with E-state index in [-0.39, 0.29) is 10.9 Å². The van der Waals surface area contributed by atoms with Crippen LogP contribution in [-0.4, -0.2) is 30.8 Å². The number of nitrogens with two attached hydrogens (primary N) is 1. The molecule has 1 saturated carbocycles. The molecule has 1 heterocycles. The molecule has 0 spiro atoms. The van der Waals surface area contributed by atoms with Crippen molar-refractivity contribution < 1.29 is 8.42 Å². The molecule has 1 aliphatic rings. The second-order valence-electron chi connectivity index (χ2n) is 4.52. The van der Waals surface area contributed by atoms with Gasteiger partial charge in [0.1, 0.15) is 4.90 Å². The summed E-state index contributed by atoms with van der Waals surface area (Å²) in [6.07, 6.45) is 3.48. The number of sulfonamides is 1. The molecule has 0 aromatic carbocycles. The lowest BCUT2D eigenvalue weighted by Crippen LogP contribution is -2.41. The first-order valence-electron chi connectivity index (χ1n) is 5.66. The minimum absolute atomic E-state index is 0.153. The average Bonchev–Trinajstić information content (AvgIpc) is 3.04. The van der Waals surface area contributed by atoms with E-state index in [1.54, 1.807) is 18.7 Å². The first-order chi connectivity index (χ1) is 7.95. The summed E-state index contributed by atoms with van der Waals surface area (Å²) in [4.78, 5) is 0.235. The molecule has 1 aromatic heterocycles. The fraction of sp³-hybridized carbons (Fsp3) is 0.700. The molecule has 0 bridgehead atoms. The highest BCUT2D eigenvalue weighted by Crippen LogP contribution is 2.33. The molecule has 0 saturated heterocycles. The number of aryl methyl sites for hydroxylation is 1. The summed E-state index contributed by atoms with van der Waals surface area (Å²) in [5, 5.41) is 3.94. The van der Waals surface area contributed by atoms with Gasteiger partial charge >= 0.3 is 0 Å². The zero-order valence-corrected chi connectivity index (χ0v) is 10.9. The monoisotopic (exact) mass is 258 g/mol. The molecule has 0 radical (unpaired) electrons. The topological polar surface area (TPSA) is 90.0 Å². The summed E-state index contributed by atoms with van der Waals surface area (Å²) in [6.45, 7) is 2.07. The van der Waals surface area contributed by atoms with Gasteiger partial charge in [-0.2, -0.15) is 5.10 Å². The maximum Gasteiger partial charge on any atom is 0.244 e. The third-order valence-electron chi connectivity index (χ3n) is 3.23. The van der Waals surface area contributed by atoms with E-state index in [1.165, 1.54) is 6.20 Å². The number of nitrogens with one attached hydrogen (secondary N) is 1. The van der Waals surface area contributed by atoms with Crippen LogP contribution in [0.3, 0.4) is 0 Å². The quantitative estimate of drug-likeness (QED) is 0.761. The average molecular weight is 258 g/mol. The van der Waals surface area contributed by atoms with Gasteiger partial charge in [0.2, 0.25) is 10.0 Å². The number of aromatic nitrogens is 2. The molecule has 2 rings (SSSR count). The highest BCUT2D eigenvalue weighted by molar-refractivity contribution is 7.89. The number of nitrogens with zero attached hydrogens (tertiary/aromatic N) is 2. The number of rotatable bonds is 5. The maximum atomic E-state index is 12.1. The van der Waals surface area contributed by atoms with Gasteiger partial charge in [-0.1, -0.05) is 0 Å². The van der Waals surface area contributed by atoms with Crippen molar-refractivity contribution in [1.29, 1.82) is 0 Å². The molecule has 1 aromatic rings. The van der Waals surface area contributed by atoms with Gasteiger partial charge in [-0.05, 0) is 25.7 Å². The SMILES string of the molecule is Cc1c(S(=O)(=O)NC(CN)C2CC2)cnn1C. The second kappa shape index (κ2) is 4.40. The van der Waals surface area contributed by atoms with Crippen LogP contribution in [0.1, 0.15) is 18.5 Å². The van der Waals surface area contributed by atoms with Gasteiger partial charge in [0.05, 0.1) is 11.9 Å². The lowest BCUT2D eigenvalue weighted by Gasteiger charge is -2.15. The van der Waals surface area contributed by atoms with Crippen LogP contribution in [0, 0.1) is 12.8 Å². The normalized spacial score (nSPS) is 18.3. The standard InChI is InChI=1S/C10H18N4O2S/c1-7-10(6-12-14(7)2)17(15,16)13-9(5-11)8-3-4-8/h6,8-9,13H,3-5,11H2,1-2H3. The van der Waals surface area contributed by atoms with Crippen molar-refractivity contribution in [3.8, 4) is 0 Å². The highest BCUT2D eigenvalue weighted by Gasteiger charge is 2.34. The Hall–Kier alpha value is -0.920. The first kappa shape index (κ1) is 12.5. The molecule has 3 N–H and O–H groups in total. The van der Waals surface area contributed by atoms with Crippen LogP contribution in [0.5, 0.6) is 0 Å². The van der Waals surface area contributed by atoms with Crippen LogP contribution in [0.2, 0.25) is 0 Å². The van der Waals surface area contributed by atoms with E-state index in [4.69, 9.17) is 5.73 Å². The smallest absolute Gasteiger partial charge is 0.244 e. The first-order valence-corrected chi connectivity index (χ1v) is 7.15. The second-order valence-corrected chi connectivity index (χ2v) is 6.20. The van der Waals surface area contributed by atoms with Gasteiger partial charge in [-0.3, -0.25) is 4.68 Å². The minimum atomic E-state index is -3.50. The molecule has 1 atom stereocenters. The van der Waals surface area contributed by atoms with E-state index in [0.29, 0.717) is 18.2 Å². The molecule has 1 fully saturated rings. The van der Waals surface area contributed by atoms with Crippen LogP contribution < -0.4 is 10.5 Å². The Balaban J connectivity index is 2.21. The molecule has 0 amide bonds.